The minimum absolute atomic E-state index is 0.00838. The van der Waals surface area contributed by atoms with E-state index >= 15 is 0 Å². The molecule has 1 atom stereocenters. The van der Waals surface area contributed by atoms with Crippen molar-refractivity contribution in [1.82, 2.24) is 4.90 Å². The van der Waals surface area contributed by atoms with E-state index in [-0.39, 0.29) is 35.6 Å². The smallest absolute Gasteiger partial charge is 0.339 e. The normalized spacial score (nSPS) is 11.3. The molecule has 0 saturated carbocycles. The topological polar surface area (TPSA) is 104 Å². The minimum atomic E-state index is -1.19. The SMILES string of the molecule is COc1cc(CN(C(=O)COc2c(OC)cccc2C(=O)O)[C@@H](C)c2ccccc2)cc(OC)c1OC. The van der Waals surface area contributed by atoms with E-state index in [4.69, 9.17) is 23.7 Å². The molecular formula is C28H31NO8. The van der Waals surface area contributed by atoms with Gasteiger partial charge < -0.3 is 33.7 Å². The Morgan fingerprint density at radius 1 is 0.811 bits per heavy atom. The number of carboxylic acids is 1. The number of para-hydroxylation sites is 1. The molecule has 0 aromatic heterocycles. The summed E-state index contributed by atoms with van der Waals surface area (Å²) in [7, 11) is 5.98. The molecule has 0 saturated heterocycles. The van der Waals surface area contributed by atoms with Crippen LogP contribution >= 0.6 is 0 Å². The van der Waals surface area contributed by atoms with E-state index in [0.29, 0.717) is 17.2 Å². The molecule has 9 nitrogen and oxygen atoms in total. The van der Waals surface area contributed by atoms with Crippen molar-refractivity contribution in [2.75, 3.05) is 35.0 Å². The van der Waals surface area contributed by atoms with Crippen molar-refractivity contribution in [3.8, 4) is 28.7 Å². The van der Waals surface area contributed by atoms with Crippen molar-refractivity contribution >= 4 is 11.9 Å². The molecular weight excluding hydrogens is 478 g/mol. The maximum absolute atomic E-state index is 13.6. The summed E-state index contributed by atoms with van der Waals surface area (Å²) in [5.41, 5.74) is 1.57. The van der Waals surface area contributed by atoms with Crippen molar-refractivity contribution in [1.29, 1.82) is 0 Å². The van der Waals surface area contributed by atoms with Gasteiger partial charge in [0.1, 0.15) is 5.56 Å². The fraction of sp³-hybridized carbons (Fsp3) is 0.286. The highest BCUT2D eigenvalue weighted by Crippen LogP contribution is 2.39. The van der Waals surface area contributed by atoms with Gasteiger partial charge in [0, 0.05) is 6.54 Å². The molecule has 1 amide bonds. The summed E-state index contributed by atoms with van der Waals surface area (Å²) in [6.45, 7) is 1.71. The summed E-state index contributed by atoms with van der Waals surface area (Å²) in [5, 5.41) is 9.57. The van der Waals surface area contributed by atoms with Gasteiger partial charge in [-0.05, 0) is 42.3 Å². The predicted octanol–water partition coefficient (Wildman–Crippen LogP) is 4.59. The molecule has 3 aromatic rings. The third-order valence-corrected chi connectivity index (χ3v) is 5.92. The second-order valence-electron chi connectivity index (χ2n) is 8.07. The minimum Gasteiger partial charge on any atom is -0.493 e. The van der Waals surface area contributed by atoms with Crippen molar-refractivity contribution in [3.05, 3.63) is 77.4 Å². The second-order valence-corrected chi connectivity index (χ2v) is 8.07. The number of hydrogen-bond acceptors (Lipinski definition) is 7. The number of carbonyl (C=O) groups is 2. The van der Waals surface area contributed by atoms with E-state index in [9.17, 15) is 14.7 Å². The number of ether oxygens (including phenoxy) is 5. The molecule has 0 aliphatic carbocycles. The van der Waals surface area contributed by atoms with Gasteiger partial charge in [0.25, 0.3) is 5.91 Å². The number of amides is 1. The van der Waals surface area contributed by atoms with Gasteiger partial charge in [0.2, 0.25) is 5.75 Å². The van der Waals surface area contributed by atoms with E-state index in [1.807, 2.05) is 37.3 Å². The number of benzene rings is 3. The molecule has 3 aromatic carbocycles. The third kappa shape index (κ3) is 6.24. The Balaban J connectivity index is 1.95. The summed E-state index contributed by atoms with van der Waals surface area (Å²) in [5.74, 6) is 0.0518. The molecule has 0 aliphatic heterocycles. The number of aromatic carboxylic acids is 1. The van der Waals surface area contributed by atoms with Crippen LogP contribution in [0.5, 0.6) is 28.7 Å². The highest BCUT2D eigenvalue weighted by atomic mass is 16.5. The number of methoxy groups -OCH3 is 4. The third-order valence-electron chi connectivity index (χ3n) is 5.92. The van der Waals surface area contributed by atoms with Crippen LogP contribution in [-0.4, -0.2) is 56.9 Å². The van der Waals surface area contributed by atoms with Gasteiger partial charge in [-0.1, -0.05) is 36.4 Å². The largest absolute Gasteiger partial charge is 0.493 e. The predicted molar refractivity (Wildman–Crippen MR) is 137 cm³/mol. The molecule has 37 heavy (non-hydrogen) atoms. The van der Waals surface area contributed by atoms with E-state index in [1.54, 1.807) is 29.2 Å². The number of rotatable bonds is 12. The highest BCUT2D eigenvalue weighted by Gasteiger charge is 2.25. The first-order valence-electron chi connectivity index (χ1n) is 11.5. The van der Waals surface area contributed by atoms with Gasteiger partial charge in [0.15, 0.2) is 29.6 Å². The number of hydrogen-bond donors (Lipinski definition) is 1. The lowest BCUT2D eigenvalue weighted by atomic mass is 10.1. The Kier molecular flexibility index (Phi) is 9.21. The number of nitrogens with zero attached hydrogens (tertiary/aromatic N) is 1. The fourth-order valence-electron chi connectivity index (χ4n) is 3.99. The Bertz CT molecular complexity index is 1200. The second kappa shape index (κ2) is 12.5. The van der Waals surface area contributed by atoms with Crippen LogP contribution in [0.3, 0.4) is 0 Å². The number of carboxylic acid groups (broad SMARTS) is 1. The zero-order valence-corrected chi connectivity index (χ0v) is 21.5. The van der Waals surface area contributed by atoms with Crippen molar-refractivity contribution in [2.45, 2.75) is 19.5 Å². The molecule has 0 radical (unpaired) electrons. The summed E-state index contributed by atoms with van der Waals surface area (Å²) in [4.78, 5) is 26.9. The monoisotopic (exact) mass is 509 g/mol. The molecule has 196 valence electrons. The lowest BCUT2D eigenvalue weighted by Crippen LogP contribution is -2.36. The van der Waals surface area contributed by atoms with Crippen LogP contribution in [0.2, 0.25) is 0 Å². The zero-order chi connectivity index (χ0) is 26.9. The number of carbonyl (C=O) groups excluding carboxylic acids is 1. The summed E-state index contributed by atoms with van der Waals surface area (Å²) >= 11 is 0. The first-order valence-corrected chi connectivity index (χ1v) is 11.5. The van der Waals surface area contributed by atoms with Crippen molar-refractivity contribution < 1.29 is 38.4 Å². The van der Waals surface area contributed by atoms with E-state index in [2.05, 4.69) is 0 Å². The van der Waals surface area contributed by atoms with Gasteiger partial charge in [-0.25, -0.2) is 4.79 Å². The fourth-order valence-corrected chi connectivity index (χ4v) is 3.99. The van der Waals surface area contributed by atoms with Crippen LogP contribution in [0, 0.1) is 0 Å². The van der Waals surface area contributed by atoms with E-state index in [1.165, 1.54) is 34.5 Å². The zero-order valence-electron chi connectivity index (χ0n) is 21.5. The van der Waals surface area contributed by atoms with Crippen LogP contribution in [-0.2, 0) is 11.3 Å². The van der Waals surface area contributed by atoms with Gasteiger partial charge in [0.05, 0.1) is 34.5 Å². The Labute approximate surface area is 216 Å². The summed E-state index contributed by atoms with van der Waals surface area (Å²) < 4.78 is 27.4. The molecule has 0 aliphatic rings. The molecule has 0 spiro atoms. The quantitative estimate of drug-likeness (QED) is 0.378. The first-order chi connectivity index (χ1) is 17.8. The standard InChI is InChI=1S/C28H31NO8/c1-18(20-10-7-6-8-11-20)29(16-19-14-23(34-3)27(36-5)24(15-19)35-4)25(30)17-37-26-21(28(31)32)12-9-13-22(26)33-2/h6-15,18H,16-17H2,1-5H3,(H,31,32)/t18-/m0/s1. The average molecular weight is 510 g/mol. The van der Waals surface area contributed by atoms with Crippen molar-refractivity contribution in [2.24, 2.45) is 0 Å². The maximum atomic E-state index is 13.6. The Morgan fingerprint density at radius 3 is 1.97 bits per heavy atom. The molecule has 0 fully saturated rings. The highest BCUT2D eigenvalue weighted by molar-refractivity contribution is 5.92. The Morgan fingerprint density at radius 2 is 1.43 bits per heavy atom. The lowest BCUT2D eigenvalue weighted by molar-refractivity contribution is -0.136. The molecule has 1 N–H and O–H groups in total. The van der Waals surface area contributed by atoms with E-state index < -0.39 is 12.6 Å². The van der Waals surface area contributed by atoms with Crippen LogP contribution in [0.25, 0.3) is 0 Å². The lowest BCUT2D eigenvalue weighted by Gasteiger charge is -2.30. The van der Waals surface area contributed by atoms with Gasteiger partial charge in [-0.2, -0.15) is 0 Å². The van der Waals surface area contributed by atoms with Gasteiger partial charge in [-0.3, -0.25) is 4.79 Å². The molecule has 3 rings (SSSR count). The first kappa shape index (κ1) is 27.2. The van der Waals surface area contributed by atoms with Crippen LogP contribution in [0.4, 0.5) is 0 Å². The Hall–Kier alpha value is -4.40. The van der Waals surface area contributed by atoms with Crippen LogP contribution in [0.15, 0.2) is 60.7 Å². The molecule has 0 bridgehead atoms. The summed E-state index contributed by atoms with van der Waals surface area (Å²) in [6.07, 6.45) is 0. The molecule has 0 heterocycles. The van der Waals surface area contributed by atoms with Crippen LogP contribution < -0.4 is 23.7 Å². The van der Waals surface area contributed by atoms with Crippen molar-refractivity contribution in [3.63, 3.8) is 0 Å². The van der Waals surface area contributed by atoms with Crippen LogP contribution in [0.1, 0.15) is 34.5 Å². The summed E-state index contributed by atoms with van der Waals surface area (Å²) in [6, 6.07) is 17.3. The molecule has 0 unspecified atom stereocenters. The average Bonchev–Trinajstić information content (AvgIpc) is 2.93. The maximum Gasteiger partial charge on any atom is 0.339 e. The van der Waals surface area contributed by atoms with Gasteiger partial charge >= 0.3 is 5.97 Å². The van der Waals surface area contributed by atoms with E-state index in [0.717, 1.165) is 11.1 Å². The van der Waals surface area contributed by atoms with Gasteiger partial charge in [-0.15, -0.1) is 0 Å². The molecule has 9 heteroatoms.